The van der Waals surface area contributed by atoms with E-state index in [0.717, 1.165) is 0 Å². The van der Waals surface area contributed by atoms with Crippen molar-refractivity contribution in [2.45, 2.75) is 0 Å². The topological polar surface area (TPSA) is 16.3 Å². The first-order valence-electron chi connectivity index (χ1n) is 22.7. The third kappa shape index (κ3) is 4.38. The van der Waals surface area contributed by atoms with Crippen LogP contribution >= 0.6 is 0 Å². The molecule has 0 saturated heterocycles. The summed E-state index contributed by atoms with van der Waals surface area (Å²) in [5, 5.41) is 17.8. The van der Waals surface area contributed by atoms with Gasteiger partial charge in [-0.15, -0.1) is 0 Å². The van der Waals surface area contributed by atoms with Crippen molar-refractivity contribution in [2.24, 2.45) is 14.1 Å². The van der Waals surface area contributed by atoms with Crippen LogP contribution in [0, 0.1) is 0 Å². The van der Waals surface area contributed by atoms with E-state index in [0.29, 0.717) is 0 Å². The van der Waals surface area contributed by atoms with Crippen LogP contribution in [0.5, 0.6) is 0 Å². The highest BCUT2D eigenvalue weighted by molar-refractivity contribution is 7.03. The highest BCUT2D eigenvalue weighted by Crippen LogP contribution is 2.51. The van der Waals surface area contributed by atoms with Crippen molar-refractivity contribution in [2.75, 3.05) is 9.80 Å². The molecule has 2 aliphatic rings. The van der Waals surface area contributed by atoms with Gasteiger partial charge in [-0.25, -0.2) is 0 Å². The van der Waals surface area contributed by atoms with Crippen LogP contribution in [0.2, 0.25) is 0 Å². The van der Waals surface area contributed by atoms with Crippen LogP contribution < -0.4 is 26.2 Å². The smallest absolute Gasteiger partial charge is 0.257 e. The van der Waals surface area contributed by atoms with E-state index in [2.05, 4.69) is 233 Å². The van der Waals surface area contributed by atoms with Crippen LogP contribution in [-0.2, 0) is 14.1 Å². The number of anilines is 6. The summed E-state index contributed by atoms with van der Waals surface area (Å²) in [5.41, 5.74) is 11.2. The van der Waals surface area contributed by atoms with Gasteiger partial charge >= 0.3 is 0 Å². The summed E-state index contributed by atoms with van der Waals surface area (Å²) in [6.07, 6.45) is 0. The number of hydrogen-bond acceptors (Lipinski definition) is 2. The second-order valence-electron chi connectivity index (χ2n) is 18.0. The average molecular weight is 827 g/mol. The van der Waals surface area contributed by atoms with Gasteiger partial charge in [-0.3, -0.25) is 9.80 Å². The quantitative estimate of drug-likeness (QED) is 0.128. The van der Waals surface area contributed by atoms with E-state index in [1.165, 1.54) is 137 Å². The average Bonchev–Trinajstić information content (AvgIpc) is 3.83. The maximum atomic E-state index is 2.62. The minimum Gasteiger partial charge on any atom is -0.330 e. The number of benzene rings is 11. The fourth-order valence-electron chi connectivity index (χ4n) is 12.5. The molecule has 0 amide bonds. The van der Waals surface area contributed by atoms with E-state index < -0.39 is 0 Å². The number of nitrogens with zero attached hydrogens (tertiary/aromatic N) is 4. The lowest BCUT2D eigenvalue weighted by atomic mass is 9.33. The molecule has 65 heavy (non-hydrogen) atoms. The van der Waals surface area contributed by atoms with Gasteiger partial charge in [-0.1, -0.05) is 164 Å². The summed E-state index contributed by atoms with van der Waals surface area (Å²) < 4.78 is 4.92. The van der Waals surface area contributed by atoms with E-state index in [9.17, 15) is 0 Å². The highest BCUT2D eigenvalue weighted by Gasteiger charge is 2.48. The van der Waals surface area contributed by atoms with Crippen LogP contribution in [0.3, 0.4) is 0 Å². The Labute approximate surface area is 375 Å². The Balaban J connectivity index is 1.13. The maximum absolute atomic E-state index is 2.62. The predicted octanol–water partition coefficient (Wildman–Crippen LogP) is 13.7. The second-order valence-corrected chi connectivity index (χ2v) is 18.0. The van der Waals surface area contributed by atoms with Crippen LogP contribution in [0.15, 0.2) is 200 Å². The van der Waals surface area contributed by atoms with Gasteiger partial charge in [0.15, 0.2) is 0 Å². The van der Waals surface area contributed by atoms with Crippen molar-refractivity contribution in [1.82, 2.24) is 9.13 Å². The lowest BCUT2D eigenvalue weighted by Crippen LogP contribution is -2.61. The summed E-state index contributed by atoms with van der Waals surface area (Å²) in [7, 11) is 4.54. The summed E-state index contributed by atoms with van der Waals surface area (Å²) in [6, 6.07) is 74.9. The Morgan fingerprint density at radius 2 is 0.538 bits per heavy atom. The SMILES string of the molecule is Cn1c2c(c3ccccc31)B1c3c(cccc3N(c3cccc4c5ccccc5c5ccccc5c34)c3c1c1ccccc1n3C)N2c1cccc2c3ccccc3c3ccccc3c12. The van der Waals surface area contributed by atoms with E-state index in [1.807, 2.05) is 0 Å². The van der Waals surface area contributed by atoms with E-state index in [4.69, 9.17) is 0 Å². The lowest BCUT2D eigenvalue weighted by Gasteiger charge is -2.43. The van der Waals surface area contributed by atoms with Gasteiger partial charge in [0.1, 0.15) is 11.6 Å². The minimum absolute atomic E-state index is 0.0454. The molecule has 0 radical (unpaired) electrons. The molecule has 4 nitrogen and oxygen atoms in total. The molecule has 0 atom stereocenters. The number of fused-ring (bicyclic) bond motifs is 20. The monoisotopic (exact) mass is 826 g/mol. The van der Waals surface area contributed by atoms with Crippen molar-refractivity contribution >= 4 is 144 Å². The molecule has 5 heteroatoms. The summed E-state index contributed by atoms with van der Waals surface area (Å²) in [5.74, 6) is 2.42. The molecule has 0 aliphatic carbocycles. The number of aromatic nitrogens is 2. The van der Waals surface area contributed by atoms with E-state index in [1.54, 1.807) is 0 Å². The van der Waals surface area contributed by atoms with Crippen LogP contribution in [0.25, 0.3) is 86.4 Å². The largest absolute Gasteiger partial charge is 0.330 e. The first-order chi connectivity index (χ1) is 32.2. The fourth-order valence-corrected chi connectivity index (χ4v) is 12.5. The Morgan fingerprint density at radius 1 is 0.262 bits per heavy atom. The molecule has 0 unspecified atom stereocenters. The van der Waals surface area contributed by atoms with Gasteiger partial charge in [0.2, 0.25) is 0 Å². The Hall–Kier alpha value is -8.28. The summed E-state index contributed by atoms with van der Waals surface area (Å²) in [4.78, 5) is 5.24. The normalized spacial score (nSPS) is 13.3. The van der Waals surface area contributed by atoms with Crippen molar-refractivity contribution < 1.29 is 0 Å². The van der Waals surface area contributed by atoms with Gasteiger partial charge in [0.05, 0.1) is 11.4 Å². The molecular weight excluding hydrogens is 787 g/mol. The fraction of sp³-hybridized carbons (Fsp3) is 0.0333. The molecular formula is C60H39BN4. The molecule has 302 valence electrons. The molecule has 11 aromatic carbocycles. The third-order valence-corrected chi connectivity index (χ3v) is 15.0. The number of hydrogen-bond donors (Lipinski definition) is 0. The van der Waals surface area contributed by atoms with Crippen LogP contribution in [0.1, 0.15) is 0 Å². The lowest BCUT2D eigenvalue weighted by molar-refractivity contribution is 0.946. The van der Waals surface area contributed by atoms with E-state index >= 15 is 0 Å². The molecule has 2 aromatic heterocycles. The molecule has 15 rings (SSSR count). The number of rotatable bonds is 2. The van der Waals surface area contributed by atoms with Crippen molar-refractivity contribution in [1.29, 1.82) is 0 Å². The highest BCUT2D eigenvalue weighted by atomic mass is 15.3. The van der Waals surface area contributed by atoms with Gasteiger partial charge in [0, 0.05) is 47.3 Å². The molecule has 0 bridgehead atoms. The summed E-state index contributed by atoms with van der Waals surface area (Å²) >= 11 is 0. The van der Waals surface area contributed by atoms with Crippen molar-refractivity contribution in [3.05, 3.63) is 200 Å². The maximum Gasteiger partial charge on any atom is 0.257 e. The molecule has 0 saturated carbocycles. The van der Waals surface area contributed by atoms with Gasteiger partial charge in [0.25, 0.3) is 6.71 Å². The minimum atomic E-state index is -0.0454. The van der Waals surface area contributed by atoms with E-state index in [-0.39, 0.29) is 6.71 Å². The van der Waals surface area contributed by atoms with Crippen LogP contribution in [-0.4, -0.2) is 15.8 Å². The van der Waals surface area contributed by atoms with Crippen molar-refractivity contribution in [3.63, 3.8) is 0 Å². The Kier molecular flexibility index (Phi) is 6.87. The molecule has 2 aliphatic heterocycles. The molecule has 4 heterocycles. The predicted molar refractivity (Wildman–Crippen MR) is 278 cm³/mol. The number of aryl methyl sites for hydroxylation is 2. The zero-order chi connectivity index (χ0) is 42.7. The first kappa shape index (κ1) is 35.2. The Morgan fingerprint density at radius 3 is 0.923 bits per heavy atom. The van der Waals surface area contributed by atoms with Gasteiger partial charge < -0.3 is 9.13 Å². The molecule has 13 aromatic rings. The third-order valence-electron chi connectivity index (χ3n) is 15.0. The molecule has 0 spiro atoms. The second kappa shape index (κ2) is 12.7. The summed E-state index contributed by atoms with van der Waals surface area (Å²) in [6.45, 7) is -0.0454. The van der Waals surface area contributed by atoms with Crippen LogP contribution in [0.4, 0.5) is 34.4 Å². The standard InChI is InChI=1S/C60H39BN4/c1-62-48-30-13-11-26-46(48)56-59(62)64(50-32-15-28-44-40-20-5-3-18-36(40)38-22-7-9-24-42(38)54(44)50)52-34-17-35-53-58(52)61(56)57-47-27-12-14-31-49(47)63(2)60(57)65(53)51-33-16-29-45-41-21-6-4-19-37(41)39-23-8-10-25-43(39)55(45)51/h3-35H,1-2H3. The van der Waals surface area contributed by atoms with Gasteiger partial charge in [-0.2, -0.15) is 0 Å². The zero-order valence-electron chi connectivity index (χ0n) is 35.9. The zero-order valence-corrected chi connectivity index (χ0v) is 35.9. The Bertz CT molecular complexity index is 3890. The van der Waals surface area contributed by atoms with Crippen molar-refractivity contribution in [3.8, 4) is 0 Å². The first-order valence-corrected chi connectivity index (χ1v) is 22.7. The number of para-hydroxylation sites is 2. The molecule has 0 fully saturated rings. The molecule has 0 N–H and O–H groups in total. The van der Waals surface area contributed by atoms with Gasteiger partial charge in [-0.05, 0) is 117 Å².